The van der Waals surface area contributed by atoms with E-state index in [4.69, 9.17) is 0 Å². The quantitative estimate of drug-likeness (QED) is 0.257. The van der Waals surface area contributed by atoms with Gasteiger partial charge in [-0.3, -0.25) is 60.7 Å². The fourth-order valence-corrected chi connectivity index (χ4v) is 2.89. The summed E-state index contributed by atoms with van der Waals surface area (Å²) in [7, 11) is 0.751. The molecule has 0 radical (unpaired) electrons. The van der Waals surface area contributed by atoms with E-state index in [9.17, 15) is 70.8 Å². The molecule has 0 bridgehead atoms. The molecule has 0 saturated heterocycles. The van der Waals surface area contributed by atoms with Gasteiger partial charge in [0.25, 0.3) is 28.4 Å². The molecule has 0 fully saturated rings. The fourth-order valence-electron chi connectivity index (χ4n) is 2.89. The maximum absolute atomic E-state index is 10.8. The van der Waals surface area contributed by atoms with Crippen molar-refractivity contribution in [2.24, 2.45) is 0 Å². The number of anilines is 1. The van der Waals surface area contributed by atoms with E-state index in [0.717, 1.165) is 13.1 Å². The Morgan fingerprint density at radius 3 is 1.14 bits per heavy atom. The van der Waals surface area contributed by atoms with Crippen molar-refractivity contribution in [3.8, 4) is 0 Å². The van der Waals surface area contributed by atoms with E-state index in [1.807, 2.05) is 0 Å². The third-order valence-corrected chi connectivity index (χ3v) is 4.66. The molecule has 0 unspecified atom stereocenters. The Hall–Kier alpha value is -6.74. The molecule has 0 aromatic heterocycles. The third-order valence-electron chi connectivity index (χ3n) is 4.66. The Bertz CT molecular complexity index is 1500. The van der Waals surface area contributed by atoms with Gasteiger partial charge in [-0.2, -0.15) is 0 Å². The number of nitrogens with zero attached hydrogens (tertiary/aromatic N) is 8. The lowest BCUT2D eigenvalue weighted by Crippen LogP contribution is -2.26. The largest absolute Gasteiger partial charge is 0.312 e. The first-order valence-electron chi connectivity index (χ1n) is 10.6. The summed E-state index contributed by atoms with van der Waals surface area (Å²) in [6.07, 6.45) is 0. The summed E-state index contributed by atoms with van der Waals surface area (Å²) < 4.78 is 0. The highest BCUT2D eigenvalue weighted by Gasteiger charge is 2.37. The molecule has 3 aromatic carbocycles. The van der Waals surface area contributed by atoms with Gasteiger partial charge in [-0.1, -0.05) is 23.2 Å². The molecule has 0 saturated carbocycles. The van der Waals surface area contributed by atoms with Gasteiger partial charge in [0.05, 0.1) is 54.8 Å². The molecule has 0 heterocycles. The molecule has 0 amide bonds. The first kappa shape index (κ1) is 33.3. The van der Waals surface area contributed by atoms with Crippen molar-refractivity contribution in [1.29, 1.82) is 0 Å². The molecule has 0 aliphatic heterocycles. The van der Waals surface area contributed by atoms with E-state index < -0.39 is 57.3 Å². The molecule has 0 spiro atoms. The van der Waals surface area contributed by atoms with Crippen LogP contribution in [0.25, 0.3) is 0 Å². The Kier molecular flexibility index (Phi) is 11.4. The fraction of sp³-hybridized carbons (Fsp3) is 0.100. The normalized spacial score (nSPS) is 9.57. The predicted molar refractivity (Wildman–Crippen MR) is 139 cm³/mol. The zero-order chi connectivity index (χ0) is 32.3. The Morgan fingerprint density at radius 1 is 0.500 bits per heavy atom. The monoisotopic (exact) mass is 592 g/mol. The summed E-state index contributed by atoms with van der Waals surface area (Å²) >= 11 is 0. The van der Waals surface area contributed by atoms with E-state index in [-0.39, 0.29) is 22.1 Å². The molecule has 22 heteroatoms. The van der Waals surface area contributed by atoms with Crippen LogP contribution in [0.15, 0.2) is 60.7 Å². The number of aryl methyl sites for hydroxylation is 1. The third kappa shape index (κ3) is 9.22. The molecule has 42 heavy (non-hydrogen) atoms. The van der Waals surface area contributed by atoms with Gasteiger partial charge in [0, 0.05) is 24.3 Å². The predicted octanol–water partition coefficient (Wildman–Crippen LogP) is 4.45. The first-order chi connectivity index (χ1) is 19.5. The molecule has 0 aliphatic carbocycles. The van der Waals surface area contributed by atoms with E-state index in [1.54, 1.807) is 25.1 Å². The van der Waals surface area contributed by atoms with E-state index in [2.05, 4.69) is 0 Å². The van der Waals surface area contributed by atoms with E-state index >= 15 is 0 Å². The van der Waals surface area contributed by atoms with Gasteiger partial charge in [-0.05, 0) is 12.5 Å². The van der Waals surface area contributed by atoms with Crippen molar-refractivity contribution in [3.05, 3.63) is 137 Å². The molecule has 0 aliphatic rings. The average Bonchev–Trinajstić information content (AvgIpc) is 2.92. The number of hydrazine groups is 1. The molecule has 0 N–H and O–H groups in total. The van der Waals surface area contributed by atoms with Crippen LogP contribution in [0.1, 0.15) is 5.56 Å². The minimum Gasteiger partial charge on any atom is -0.258 e. The number of hydrogen-bond acceptors (Lipinski definition) is 14. The van der Waals surface area contributed by atoms with Gasteiger partial charge in [-0.15, -0.1) is 0 Å². The summed E-state index contributed by atoms with van der Waals surface area (Å²) in [5, 5.41) is 72.4. The highest BCUT2D eigenvalue weighted by Crippen LogP contribution is 2.40. The first-order valence-corrected chi connectivity index (χ1v) is 10.6. The smallest absolute Gasteiger partial charge is 0.258 e. The van der Waals surface area contributed by atoms with Gasteiger partial charge in [-0.25, -0.2) is 10.1 Å². The van der Waals surface area contributed by atoms with Crippen LogP contribution in [0.4, 0.5) is 39.8 Å². The van der Waals surface area contributed by atoms with Crippen molar-refractivity contribution in [1.82, 2.24) is 0 Å². The van der Waals surface area contributed by atoms with Crippen LogP contribution in [-0.2, 0) is 0 Å². The second kappa shape index (κ2) is 14.4. The molecular weight excluding hydrogens is 576 g/mol. The summed E-state index contributed by atoms with van der Waals surface area (Å²) in [6, 6.07) is 12.3. The number of nitro benzene ring substituents is 6. The summed E-state index contributed by atoms with van der Waals surface area (Å²) in [6.45, 7) is 1.57. The van der Waals surface area contributed by atoms with E-state index in [0.29, 0.717) is 17.7 Å². The minimum atomic E-state index is -1.17. The summed E-state index contributed by atoms with van der Waals surface area (Å²) in [5.74, 6) is 0. The SMILES string of the molecule is CN(c1c([N+](=O)[O-])cc([N+](=O)[O-])cc1[N+](=O)[O-])[N+](=O)[O-].Cc1cc([N+](=O)[O-])cc([N+](=O)[O-])c1.O=[N+]([O-])c1ccccc1. The second-order valence-electron chi connectivity index (χ2n) is 7.50. The topological polar surface area (TPSA) is 305 Å². The zero-order valence-electron chi connectivity index (χ0n) is 21.1. The Morgan fingerprint density at radius 2 is 0.857 bits per heavy atom. The number of para-hydroxylation sites is 1. The van der Waals surface area contributed by atoms with Crippen molar-refractivity contribution in [3.63, 3.8) is 0 Å². The van der Waals surface area contributed by atoms with Crippen molar-refractivity contribution in [2.75, 3.05) is 12.1 Å². The maximum atomic E-state index is 10.8. The van der Waals surface area contributed by atoms with Crippen LogP contribution in [0.2, 0.25) is 0 Å². The zero-order valence-corrected chi connectivity index (χ0v) is 21.1. The number of non-ortho nitro benzene ring substituents is 4. The highest BCUT2D eigenvalue weighted by atomic mass is 16.7. The number of nitro groups is 7. The van der Waals surface area contributed by atoms with Crippen molar-refractivity contribution >= 4 is 39.8 Å². The Labute approximate surface area is 231 Å². The standard InChI is InChI=1S/C7H5N5O8.C7H6N2O4.C6H5NO2/c1-8(12(19)20)7-5(10(15)16)2-4(9(13)14)3-6(7)11(17)18;1-5-2-6(8(10)11)4-7(3-5)9(12)13;8-7(9)6-4-2-1-3-5-6/h2-3H,1H3;2-4H,1H3;1-5H. The number of rotatable bonds is 8. The van der Waals surface area contributed by atoms with Gasteiger partial charge in [0.2, 0.25) is 0 Å². The van der Waals surface area contributed by atoms with Crippen LogP contribution < -0.4 is 5.01 Å². The van der Waals surface area contributed by atoms with Gasteiger partial charge >= 0.3 is 11.4 Å². The number of hydrogen-bond donors (Lipinski definition) is 0. The lowest BCUT2D eigenvalue weighted by Gasteiger charge is -2.08. The van der Waals surface area contributed by atoms with Crippen LogP contribution in [0, 0.1) is 77.7 Å². The van der Waals surface area contributed by atoms with Crippen molar-refractivity contribution < 1.29 is 34.6 Å². The van der Waals surface area contributed by atoms with Crippen LogP contribution >= 0.6 is 0 Å². The molecule has 0 atom stereocenters. The average molecular weight is 592 g/mol. The lowest BCUT2D eigenvalue weighted by molar-refractivity contribution is -0.493. The summed E-state index contributed by atoms with van der Waals surface area (Å²) in [5.41, 5.74) is -3.95. The lowest BCUT2D eigenvalue weighted by atomic mass is 10.2. The molecule has 22 nitrogen and oxygen atoms in total. The molecule has 220 valence electrons. The van der Waals surface area contributed by atoms with Crippen LogP contribution in [0.3, 0.4) is 0 Å². The van der Waals surface area contributed by atoms with E-state index in [1.165, 1.54) is 24.3 Å². The number of benzene rings is 3. The van der Waals surface area contributed by atoms with Crippen LogP contribution in [0.5, 0.6) is 0 Å². The van der Waals surface area contributed by atoms with Gasteiger partial charge in [0.15, 0.2) is 5.03 Å². The Balaban J connectivity index is 0.000000342. The molecular formula is C20H16N8O14. The maximum Gasteiger partial charge on any atom is 0.312 e. The summed E-state index contributed by atoms with van der Waals surface area (Å²) in [4.78, 5) is 68.3. The molecule has 3 rings (SSSR count). The van der Waals surface area contributed by atoms with Crippen molar-refractivity contribution in [2.45, 2.75) is 6.92 Å². The van der Waals surface area contributed by atoms with Gasteiger partial charge < -0.3 is 0 Å². The second-order valence-corrected chi connectivity index (χ2v) is 7.50. The minimum absolute atomic E-state index is 0.0555. The van der Waals surface area contributed by atoms with Gasteiger partial charge in [0.1, 0.15) is 0 Å². The van der Waals surface area contributed by atoms with Crippen LogP contribution in [-0.4, -0.2) is 41.6 Å². The molecule has 3 aromatic rings. The highest BCUT2D eigenvalue weighted by molar-refractivity contribution is 5.77.